The zero-order valence-electron chi connectivity index (χ0n) is 19.6. The minimum absolute atomic E-state index is 0.0162. The molecule has 0 saturated carbocycles. The van der Waals surface area contributed by atoms with Crippen molar-refractivity contribution in [3.05, 3.63) is 65.7 Å². The Kier molecular flexibility index (Phi) is 7.33. The van der Waals surface area contributed by atoms with Gasteiger partial charge in [0.2, 0.25) is 11.8 Å². The summed E-state index contributed by atoms with van der Waals surface area (Å²) >= 11 is 0. The van der Waals surface area contributed by atoms with Gasteiger partial charge in [0, 0.05) is 19.5 Å². The van der Waals surface area contributed by atoms with Gasteiger partial charge in [-0.1, -0.05) is 56.3 Å². The van der Waals surface area contributed by atoms with Gasteiger partial charge in [0.15, 0.2) is 0 Å². The Morgan fingerprint density at radius 1 is 1.00 bits per heavy atom. The van der Waals surface area contributed by atoms with E-state index in [2.05, 4.69) is 48.3 Å². The summed E-state index contributed by atoms with van der Waals surface area (Å²) in [5.74, 6) is 0.579. The lowest BCUT2D eigenvalue weighted by molar-refractivity contribution is -0.158. The summed E-state index contributed by atoms with van der Waals surface area (Å²) in [6.45, 7) is 6.46. The molecule has 4 rings (SSSR count). The summed E-state index contributed by atoms with van der Waals surface area (Å²) in [7, 11) is 0. The van der Waals surface area contributed by atoms with Crippen LogP contribution in [0.25, 0.3) is 0 Å². The van der Waals surface area contributed by atoms with Crippen molar-refractivity contribution in [2.24, 2.45) is 5.92 Å². The van der Waals surface area contributed by atoms with Gasteiger partial charge in [-0.05, 0) is 55.0 Å². The smallest absolute Gasteiger partial charge is 0.243 e. The molecule has 176 valence electrons. The standard InChI is InChI=1S/C27H35N3O3/c1-19(2)15-25-27(33)30-22(18-29(25)14-6-9-20-7-4-3-5-8-20)17-28-26(32)24(30)16-21-10-12-23(31)13-11-21/h3-5,7-8,10-13,19,22,24-25,31H,6,9,14-18H2,1-2H3,(H,28,32)/t22-,24+,25+/m1/s1. The van der Waals surface area contributed by atoms with Gasteiger partial charge in [0.05, 0.1) is 12.1 Å². The second-order valence-electron chi connectivity index (χ2n) is 9.76. The Morgan fingerprint density at radius 3 is 2.42 bits per heavy atom. The van der Waals surface area contributed by atoms with Crippen molar-refractivity contribution in [3.8, 4) is 5.75 Å². The number of benzene rings is 2. The molecule has 6 heteroatoms. The average molecular weight is 450 g/mol. The van der Waals surface area contributed by atoms with Crippen LogP contribution in [0.4, 0.5) is 0 Å². The fraction of sp³-hybridized carbons (Fsp3) is 0.481. The van der Waals surface area contributed by atoms with Crippen LogP contribution in [-0.2, 0) is 22.4 Å². The predicted octanol–water partition coefficient (Wildman–Crippen LogP) is 2.99. The average Bonchev–Trinajstić information content (AvgIpc) is 2.80. The molecular weight excluding hydrogens is 414 g/mol. The lowest BCUT2D eigenvalue weighted by Crippen LogP contribution is -2.72. The first-order valence-corrected chi connectivity index (χ1v) is 12.1. The second kappa shape index (κ2) is 10.4. The van der Waals surface area contributed by atoms with E-state index in [1.54, 1.807) is 12.1 Å². The number of phenols is 1. The number of hydrogen-bond donors (Lipinski definition) is 2. The maximum absolute atomic E-state index is 13.8. The lowest BCUT2D eigenvalue weighted by atomic mass is 9.91. The molecule has 0 spiro atoms. The number of aromatic hydroxyl groups is 1. The highest BCUT2D eigenvalue weighted by atomic mass is 16.3. The molecule has 6 nitrogen and oxygen atoms in total. The normalized spacial score (nSPS) is 23.5. The van der Waals surface area contributed by atoms with Gasteiger partial charge < -0.3 is 15.3 Å². The number of amides is 2. The SMILES string of the molecule is CC(C)C[C@H]1C(=O)N2[C@H](CNC(=O)[C@@H]2Cc2ccc(O)cc2)CN1CCCc1ccccc1. The quantitative estimate of drug-likeness (QED) is 0.650. The van der Waals surface area contributed by atoms with E-state index in [0.29, 0.717) is 18.9 Å². The van der Waals surface area contributed by atoms with Gasteiger partial charge >= 0.3 is 0 Å². The van der Waals surface area contributed by atoms with Crippen LogP contribution in [0.3, 0.4) is 0 Å². The number of nitrogens with zero attached hydrogens (tertiary/aromatic N) is 2. The van der Waals surface area contributed by atoms with Crippen LogP contribution < -0.4 is 5.32 Å². The topological polar surface area (TPSA) is 72.9 Å². The molecule has 0 aliphatic carbocycles. The molecule has 2 N–H and O–H groups in total. The van der Waals surface area contributed by atoms with E-state index in [-0.39, 0.29) is 29.6 Å². The second-order valence-corrected chi connectivity index (χ2v) is 9.76. The molecule has 2 aliphatic rings. The minimum Gasteiger partial charge on any atom is -0.508 e. The van der Waals surface area contributed by atoms with E-state index in [9.17, 15) is 14.7 Å². The van der Waals surface area contributed by atoms with E-state index in [1.165, 1.54) is 5.56 Å². The third kappa shape index (κ3) is 5.56. The van der Waals surface area contributed by atoms with Crippen molar-refractivity contribution >= 4 is 11.8 Å². The maximum atomic E-state index is 13.8. The number of carbonyl (C=O) groups is 2. The van der Waals surface area contributed by atoms with E-state index < -0.39 is 6.04 Å². The fourth-order valence-electron chi connectivity index (χ4n) is 5.15. The Morgan fingerprint density at radius 2 is 1.73 bits per heavy atom. The van der Waals surface area contributed by atoms with Crippen LogP contribution in [-0.4, -0.2) is 64.5 Å². The van der Waals surface area contributed by atoms with Gasteiger partial charge in [-0.25, -0.2) is 0 Å². The van der Waals surface area contributed by atoms with Crippen molar-refractivity contribution in [2.45, 2.75) is 57.7 Å². The number of fused-ring (bicyclic) bond motifs is 1. The first-order chi connectivity index (χ1) is 15.9. The molecule has 2 aromatic rings. The summed E-state index contributed by atoms with van der Waals surface area (Å²) in [6, 6.07) is 16.7. The molecule has 0 unspecified atom stereocenters. The van der Waals surface area contributed by atoms with Crippen LogP contribution in [0.15, 0.2) is 54.6 Å². The van der Waals surface area contributed by atoms with E-state index in [0.717, 1.165) is 37.9 Å². The molecule has 2 heterocycles. The van der Waals surface area contributed by atoms with Crippen molar-refractivity contribution in [1.82, 2.24) is 15.1 Å². The molecule has 33 heavy (non-hydrogen) atoms. The highest BCUT2D eigenvalue weighted by Gasteiger charge is 2.47. The first kappa shape index (κ1) is 23.3. The molecular formula is C27H35N3O3. The molecule has 2 amide bonds. The van der Waals surface area contributed by atoms with Gasteiger partial charge in [0.25, 0.3) is 0 Å². The molecule has 2 aromatic carbocycles. The zero-order valence-corrected chi connectivity index (χ0v) is 19.6. The molecule has 2 saturated heterocycles. The van der Waals surface area contributed by atoms with Crippen LogP contribution in [0.2, 0.25) is 0 Å². The number of hydrogen-bond acceptors (Lipinski definition) is 4. The van der Waals surface area contributed by atoms with Gasteiger partial charge in [-0.2, -0.15) is 0 Å². The molecule has 0 aromatic heterocycles. The molecule has 0 bridgehead atoms. The monoisotopic (exact) mass is 449 g/mol. The lowest BCUT2D eigenvalue weighted by Gasteiger charge is -2.51. The first-order valence-electron chi connectivity index (χ1n) is 12.1. The maximum Gasteiger partial charge on any atom is 0.243 e. The summed E-state index contributed by atoms with van der Waals surface area (Å²) in [4.78, 5) is 30.9. The van der Waals surface area contributed by atoms with Gasteiger partial charge in [-0.3, -0.25) is 14.5 Å². The number of rotatable bonds is 8. The Balaban J connectivity index is 1.50. The van der Waals surface area contributed by atoms with E-state index in [1.807, 2.05) is 23.1 Å². The zero-order chi connectivity index (χ0) is 23.4. The van der Waals surface area contributed by atoms with E-state index >= 15 is 0 Å². The van der Waals surface area contributed by atoms with Gasteiger partial charge in [-0.15, -0.1) is 0 Å². The number of piperazine rings is 2. The van der Waals surface area contributed by atoms with Gasteiger partial charge in [0.1, 0.15) is 11.8 Å². The Labute approximate surface area is 196 Å². The largest absolute Gasteiger partial charge is 0.508 e. The van der Waals surface area contributed by atoms with Crippen molar-refractivity contribution < 1.29 is 14.7 Å². The minimum atomic E-state index is -0.512. The summed E-state index contributed by atoms with van der Waals surface area (Å²) in [6.07, 6.45) is 3.24. The summed E-state index contributed by atoms with van der Waals surface area (Å²) < 4.78 is 0. The van der Waals surface area contributed by atoms with Crippen LogP contribution in [0.1, 0.15) is 37.8 Å². The number of aryl methyl sites for hydroxylation is 1. The highest BCUT2D eigenvalue weighted by Crippen LogP contribution is 2.28. The molecule has 2 aliphatic heterocycles. The molecule has 0 radical (unpaired) electrons. The predicted molar refractivity (Wildman–Crippen MR) is 129 cm³/mol. The number of carbonyl (C=O) groups excluding carboxylic acids is 2. The Bertz CT molecular complexity index is 945. The van der Waals surface area contributed by atoms with Crippen molar-refractivity contribution in [2.75, 3.05) is 19.6 Å². The van der Waals surface area contributed by atoms with Crippen LogP contribution in [0, 0.1) is 5.92 Å². The van der Waals surface area contributed by atoms with Crippen LogP contribution in [0.5, 0.6) is 5.75 Å². The number of nitrogens with one attached hydrogen (secondary N) is 1. The highest BCUT2D eigenvalue weighted by molar-refractivity contribution is 5.92. The fourth-order valence-corrected chi connectivity index (χ4v) is 5.15. The van der Waals surface area contributed by atoms with E-state index in [4.69, 9.17) is 0 Å². The van der Waals surface area contributed by atoms with Crippen LogP contribution >= 0.6 is 0 Å². The third-order valence-corrected chi connectivity index (χ3v) is 6.78. The van der Waals surface area contributed by atoms with Crippen molar-refractivity contribution in [1.29, 1.82) is 0 Å². The third-order valence-electron chi connectivity index (χ3n) is 6.78. The summed E-state index contributed by atoms with van der Waals surface area (Å²) in [5.41, 5.74) is 2.26. The Hall–Kier alpha value is -2.86. The molecule has 2 fully saturated rings. The molecule has 3 atom stereocenters. The van der Waals surface area contributed by atoms with Crippen molar-refractivity contribution in [3.63, 3.8) is 0 Å². The number of phenolic OH excluding ortho intramolecular Hbond substituents is 1. The summed E-state index contributed by atoms with van der Waals surface area (Å²) in [5, 5.41) is 12.6.